The Morgan fingerprint density at radius 3 is 2.62 bits per heavy atom. The van der Waals surface area contributed by atoms with Gasteiger partial charge < -0.3 is 0 Å². The van der Waals surface area contributed by atoms with Gasteiger partial charge >= 0.3 is 0 Å². The zero-order valence-corrected chi connectivity index (χ0v) is 20.8. The van der Waals surface area contributed by atoms with Crippen LogP contribution < -0.4 is 4.80 Å². The summed E-state index contributed by atoms with van der Waals surface area (Å²) in [5, 5.41) is 5.78. The molecule has 0 saturated heterocycles. The molecular weight excluding hydrogens is 510 g/mol. The highest BCUT2D eigenvalue weighted by molar-refractivity contribution is 9.10. The van der Waals surface area contributed by atoms with Crippen molar-refractivity contribution in [3.05, 3.63) is 68.9 Å². The van der Waals surface area contributed by atoms with Crippen molar-refractivity contribution in [3.63, 3.8) is 0 Å². The molecule has 0 radical (unpaired) electrons. The summed E-state index contributed by atoms with van der Waals surface area (Å²) in [5.74, 6) is 0.946. The summed E-state index contributed by atoms with van der Waals surface area (Å²) < 4.78 is 3.06. The summed E-state index contributed by atoms with van der Waals surface area (Å²) >= 11 is 9.17. The Morgan fingerprint density at radius 2 is 1.90 bits per heavy atom. The Labute approximate surface area is 193 Å². The van der Waals surface area contributed by atoms with Crippen LogP contribution in [0.15, 0.2) is 58.0 Å². The SMILES string of the molecule is Cc1cc(-c2nn(C)c(=NC3CCC(Br)C(C)C3c3ccccc3)s2)ccc1Br. The van der Waals surface area contributed by atoms with Gasteiger partial charge in [-0.1, -0.05) is 86.5 Å². The molecule has 1 aliphatic carbocycles. The number of aromatic nitrogens is 2. The quantitative estimate of drug-likeness (QED) is 0.354. The van der Waals surface area contributed by atoms with Gasteiger partial charge in [-0.15, -0.1) is 0 Å². The Morgan fingerprint density at radius 1 is 1.14 bits per heavy atom. The van der Waals surface area contributed by atoms with E-state index in [1.807, 2.05) is 11.7 Å². The summed E-state index contributed by atoms with van der Waals surface area (Å²) in [6.45, 7) is 4.46. The second kappa shape index (κ2) is 8.86. The van der Waals surface area contributed by atoms with Gasteiger partial charge in [0, 0.05) is 27.8 Å². The van der Waals surface area contributed by atoms with E-state index < -0.39 is 0 Å². The maximum absolute atomic E-state index is 5.24. The molecule has 0 bridgehead atoms. The largest absolute Gasteiger partial charge is 0.254 e. The topological polar surface area (TPSA) is 30.2 Å². The minimum atomic E-state index is 0.271. The van der Waals surface area contributed by atoms with Gasteiger partial charge in [-0.2, -0.15) is 5.10 Å². The van der Waals surface area contributed by atoms with E-state index in [-0.39, 0.29) is 6.04 Å². The Kier molecular flexibility index (Phi) is 6.42. The van der Waals surface area contributed by atoms with E-state index >= 15 is 0 Å². The van der Waals surface area contributed by atoms with Crippen LogP contribution >= 0.6 is 43.2 Å². The fraction of sp³-hybridized carbons (Fsp3) is 0.391. The molecule has 2 aromatic carbocycles. The number of aryl methyl sites for hydroxylation is 2. The minimum absolute atomic E-state index is 0.271. The number of rotatable bonds is 3. The lowest BCUT2D eigenvalue weighted by atomic mass is 9.73. The first-order valence-electron chi connectivity index (χ1n) is 9.97. The zero-order chi connectivity index (χ0) is 20.5. The third-order valence-corrected chi connectivity index (χ3v) is 9.11. The first kappa shape index (κ1) is 21.0. The van der Waals surface area contributed by atoms with Crippen LogP contribution in [-0.4, -0.2) is 20.6 Å². The molecule has 4 rings (SSSR count). The van der Waals surface area contributed by atoms with Crippen molar-refractivity contribution in [2.45, 2.75) is 43.5 Å². The second-order valence-corrected chi connectivity index (χ2v) is 10.8. The van der Waals surface area contributed by atoms with Crippen LogP contribution in [0.5, 0.6) is 0 Å². The van der Waals surface area contributed by atoms with Gasteiger partial charge in [0.1, 0.15) is 5.01 Å². The molecule has 0 amide bonds. The van der Waals surface area contributed by atoms with E-state index in [9.17, 15) is 0 Å². The standard InChI is InChI=1S/C23H25Br2N3S/c1-14-13-17(9-10-18(14)24)22-27-28(3)23(29-22)26-20-12-11-19(25)15(2)21(20)16-7-5-4-6-8-16/h4-10,13,15,19-21H,11-12H2,1-3H3. The highest BCUT2D eigenvalue weighted by Gasteiger charge is 2.36. The molecule has 152 valence electrons. The van der Waals surface area contributed by atoms with Crippen LogP contribution in [0.1, 0.15) is 36.8 Å². The van der Waals surface area contributed by atoms with Crippen LogP contribution in [0, 0.1) is 12.8 Å². The molecule has 1 fully saturated rings. The maximum atomic E-state index is 5.24. The smallest absolute Gasteiger partial charge is 0.203 e. The number of benzene rings is 2. The summed E-state index contributed by atoms with van der Waals surface area (Å²) in [4.78, 5) is 6.77. The molecule has 6 heteroatoms. The van der Waals surface area contributed by atoms with Crippen LogP contribution in [0.2, 0.25) is 0 Å². The molecule has 0 spiro atoms. The normalized spacial score (nSPS) is 25.3. The van der Waals surface area contributed by atoms with Crippen molar-refractivity contribution in [2.75, 3.05) is 0 Å². The molecule has 4 unspecified atom stereocenters. The lowest BCUT2D eigenvalue weighted by Crippen LogP contribution is -2.35. The van der Waals surface area contributed by atoms with E-state index in [0.29, 0.717) is 16.7 Å². The van der Waals surface area contributed by atoms with E-state index in [2.05, 4.69) is 94.2 Å². The summed E-state index contributed by atoms with van der Waals surface area (Å²) in [5.41, 5.74) is 3.74. The molecule has 1 aromatic heterocycles. The van der Waals surface area contributed by atoms with Crippen molar-refractivity contribution in [3.8, 4) is 10.6 Å². The minimum Gasteiger partial charge on any atom is -0.254 e. The zero-order valence-electron chi connectivity index (χ0n) is 16.8. The Bertz CT molecular complexity index is 1060. The van der Waals surface area contributed by atoms with Gasteiger partial charge in [0.25, 0.3) is 0 Å². The molecule has 29 heavy (non-hydrogen) atoms. The van der Waals surface area contributed by atoms with Gasteiger partial charge in [-0.05, 0) is 48.9 Å². The van der Waals surface area contributed by atoms with Crippen LogP contribution in [0.25, 0.3) is 10.6 Å². The fourth-order valence-electron chi connectivity index (χ4n) is 4.19. The number of nitrogens with zero attached hydrogens (tertiary/aromatic N) is 3. The second-order valence-electron chi connectivity index (χ2n) is 7.86. The molecule has 1 heterocycles. The first-order valence-corrected chi connectivity index (χ1v) is 12.5. The molecule has 1 aliphatic rings. The monoisotopic (exact) mass is 533 g/mol. The molecular formula is C23H25Br2N3S. The van der Waals surface area contributed by atoms with Crippen molar-refractivity contribution < 1.29 is 0 Å². The third kappa shape index (κ3) is 4.44. The number of hydrogen-bond donors (Lipinski definition) is 0. The fourth-order valence-corrected chi connectivity index (χ4v) is 5.97. The molecule has 4 atom stereocenters. The first-order chi connectivity index (χ1) is 13.9. The molecule has 0 N–H and O–H groups in total. The number of alkyl halides is 1. The third-order valence-electron chi connectivity index (χ3n) is 5.86. The van der Waals surface area contributed by atoms with Crippen LogP contribution in [0.3, 0.4) is 0 Å². The van der Waals surface area contributed by atoms with Crippen LogP contribution in [-0.2, 0) is 7.05 Å². The lowest BCUT2D eigenvalue weighted by Gasteiger charge is -2.38. The van der Waals surface area contributed by atoms with Gasteiger partial charge in [0.2, 0.25) is 4.80 Å². The highest BCUT2D eigenvalue weighted by Crippen LogP contribution is 2.42. The van der Waals surface area contributed by atoms with Crippen molar-refractivity contribution >= 4 is 43.2 Å². The molecule has 3 nitrogen and oxygen atoms in total. The van der Waals surface area contributed by atoms with Gasteiger partial charge in [-0.3, -0.25) is 4.99 Å². The molecule has 3 aromatic rings. The highest BCUT2D eigenvalue weighted by atomic mass is 79.9. The summed E-state index contributed by atoms with van der Waals surface area (Å²) in [7, 11) is 2.00. The molecule has 1 saturated carbocycles. The van der Waals surface area contributed by atoms with Crippen molar-refractivity contribution in [2.24, 2.45) is 18.0 Å². The lowest BCUT2D eigenvalue weighted by molar-refractivity contribution is 0.301. The van der Waals surface area contributed by atoms with Gasteiger partial charge in [0.15, 0.2) is 0 Å². The maximum Gasteiger partial charge on any atom is 0.203 e. The Hall–Kier alpha value is -1.24. The van der Waals surface area contributed by atoms with E-state index in [1.165, 1.54) is 11.1 Å². The average Bonchev–Trinajstić information content (AvgIpc) is 3.08. The predicted octanol–water partition coefficient (Wildman–Crippen LogP) is 6.47. The van der Waals surface area contributed by atoms with E-state index in [0.717, 1.165) is 32.7 Å². The molecule has 0 aliphatic heterocycles. The van der Waals surface area contributed by atoms with Crippen molar-refractivity contribution in [1.82, 2.24) is 9.78 Å². The number of hydrogen-bond acceptors (Lipinski definition) is 3. The Balaban J connectivity index is 1.72. The number of halogens is 2. The average molecular weight is 535 g/mol. The van der Waals surface area contributed by atoms with Gasteiger partial charge in [-0.25, -0.2) is 4.68 Å². The van der Waals surface area contributed by atoms with Gasteiger partial charge in [0.05, 0.1) is 6.04 Å². The summed E-state index contributed by atoms with van der Waals surface area (Å²) in [6.07, 6.45) is 2.24. The van der Waals surface area contributed by atoms with Crippen molar-refractivity contribution in [1.29, 1.82) is 0 Å². The van der Waals surface area contributed by atoms with E-state index in [4.69, 9.17) is 10.1 Å². The summed E-state index contributed by atoms with van der Waals surface area (Å²) in [6, 6.07) is 17.5. The van der Waals surface area contributed by atoms with Crippen LogP contribution in [0.4, 0.5) is 0 Å². The van der Waals surface area contributed by atoms with E-state index in [1.54, 1.807) is 11.3 Å². The predicted molar refractivity (Wildman–Crippen MR) is 129 cm³/mol.